The summed E-state index contributed by atoms with van der Waals surface area (Å²) < 4.78 is 1.77. The molecular formula is C24H22N4O3. The summed E-state index contributed by atoms with van der Waals surface area (Å²) in [5, 5.41) is 19.2. The maximum absolute atomic E-state index is 13.2. The number of carboxylic acid groups (broad SMARTS) is 1. The van der Waals surface area contributed by atoms with Crippen molar-refractivity contribution in [2.45, 2.75) is 26.2 Å². The van der Waals surface area contributed by atoms with Crippen LogP contribution in [0.1, 0.15) is 42.1 Å². The smallest absolute Gasteiger partial charge is 0.335 e. The van der Waals surface area contributed by atoms with Crippen molar-refractivity contribution in [1.29, 1.82) is 0 Å². The Labute approximate surface area is 179 Å². The molecule has 0 unspecified atom stereocenters. The highest BCUT2D eigenvalue weighted by atomic mass is 16.4. The lowest BCUT2D eigenvalue weighted by atomic mass is 10.0. The molecule has 7 heteroatoms. The van der Waals surface area contributed by atoms with Gasteiger partial charge in [-0.25, -0.2) is 9.48 Å². The van der Waals surface area contributed by atoms with Crippen LogP contribution in [0.3, 0.4) is 0 Å². The van der Waals surface area contributed by atoms with Crippen molar-refractivity contribution in [3.05, 3.63) is 83.7 Å². The fourth-order valence-corrected chi connectivity index (χ4v) is 3.36. The van der Waals surface area contributed by atoms with Crippen molar-refractivity contribution in [3.8, 4) is 5.69 Å². The quantitative estimate of drug-likeness (QED) is 0.575. The molecule has 7 nitrogen and oxygen atoms in total. The zero-order valence-corrected chi connectivity index (χ0v) is 17.1. The average Bonchev–Trinajstić information content (AvgIpc) is 3.42. The van der Waals surface area contributed by atoms with Crippen LogP contribution >= 0.6 is 0 Å². The standard InChI is InChI=1S/C24H22N4O3/c1-2-3-5-22-21(16-17-6-10-19(11-7-17)27-15-4-14-25-27)23(29)28(26-22)20-12-8-18(9-13-20)24(30)31/h4,6-16H,2-3,5H2,1H3,(H,30,31)/b21-16-. The second-order valence-electron chi connectivity index (χ2n) is 7.22. The second-order valence-corrected chi connectivity index (χ2v) is 7.22. The first-order chi connectivity index (χ1) is 15.1. The lowest BCUT2D eigenvalue weighted by Gasteiger charge is -2.11. The van der Waals surface area contributed by atoms with Crippen molar-refractivity contribution < 1.29 is 14.7 Å². The second kappa shape index (κ2) is 8.79. The topological polar surface area (TPSA) is 87.8 Å². The normalized spacial score (nSPS) is 14.9. The average molecular weight is 414 g/mol. The lowest BCUT2D eigenvalue weighted by Crippen LogP contribution is -2.21. The number of unbranched alkanes of at least 4 members (excludes halogenated alkanes) is 1. The third-order valence-corrected chi connectivity index (χ3v) is 5.05. The monoisotopic (exact) mass is 414 g/mol. The third-order valence-electron chi connectivity index (χ3n) is 5.05. The summed E-state index contributed by atoms with van der Waals surface area (Å²) in [7, 11) is 0. The summed E-state index contributed by atoms with van der Waals surface area (Å²) >= 11 is 0. The predicted octanol–water partition coefficient (Wildman–Crippen LogP) is 4.55. The largest absolute Gasteiger partial charge is 0.478 e. The summed E-state index contributed by atoms with van der Waals surface area (Å²) in [5.41, 5.74) is 3.84. The van der Waals surface area contributed by atoms with E-state index in [0.29, 0.717) is 17.7 Å². The zero-order valence-electron chi connectivity index (χ0n) is 17.1. The fraction of sp³-hybridized carbons (Fsp3) is 0.167. The maximum atomic E-state index is 13.2. The molecule has 0 radical (unpaired) electrons. The van der Waals surface area contributed by atoms with E-state index in [4.69, 9.17) is 5.11 Å². The number of aromatic nitrogens is 2. The molecule has 1 aliphatic rings. The van der Waals surface area contributed by atoms with Crippen molar-refractivity contribution in [2.75, 3.05) is 5.01 Å². The molecule has 0 spiro atoms. The molecule has 1 aromatic heterocycles. The first-order valence-electron chi connectivity index (χ1n) is 10.1. The minimum atomic E-state index is -1.01. The summed E-state index contributed by atoms with van der Waals surface area (Å²) in [4.78, 5) is 24.3. The van der Waals surface area contributed by atoms with Crippen LogP contribution in [0.4, 0.5) is 5.69 Å². The molecule has 1 amide bonds. The number of hydrogen-bond donors (Lipinski definition) is 1. The molecule has 0 saturated heterocycles. The van der Waals surface area contributed by atoms with Gasteiger partial charge in [-0.05, 0) is 66.9 Å². The highest BCUT2D eigenvalue weighted by Crippen LogP contribution is 2.27. The van der Waals surface area contributed by atoms with E-state index in [9.17, 15) is 9.59 Å². The van der Waals surface area contributed by atoms with Crippen molar-refractivity contribution >= 4 is 29.4 Å². The van der Waals surface area contributed by atoms with E-state index >= 15 is 0 Å². The molecule has 2 heterocycles. The number of anilines is 1. The van der Waals surface area contributed by atoms with Gasteiger partial charge in [0.05, 0.1) is 28.2 Å². The molecule has 0 fully saturated rings. The van der Waals surface area contributed by atoms with Gasteiger partial charge in [0.2, 0.25) is 0 Å². The number of hydrazone groups is 1. The minimum absolute atomic E-state index is 0.165. The van der Waals surface area contributed by atoms with Crippen LogP contribution in [-0.2, 0) is 4.79 Å². The SMILES string of the molecule is CCCCC1=NN(c2ccc(C(=O)O)cc2)C(=O)/C1=C\c1ccc(-n2cccn2)cc1. The number of amides is 1. The Bertz CT molecular complexity index is 1140. The van der Waals surface area contributed by atoms with Crippen LogP contribution in [0.15, 0.2) is 77.7 Å². The Morgan fingerprint density at radius 2 is 1.77 bits per heavy atom. The molecule has 4 rings (SSSR count). The van der Waals surface area contributed by atoms with Crippen LogP contribution in [-0.4, -0.2) is 32.5 Å². The minimum Gasteiger partial charge on any atom is -0.478 e. The zero-order chi connectivity index (χ0) is 21.8. The number of rotatable bonds is 7. The Hall–Kier alpha value is -4.00. The molecule has 0 aliphatic carbocycles. The van der Waals surface area contributed by atoms with Crippen LogP contribution < -0.4 is 5.01 Å². The lowest BCUT2D eigenvalue weighted by molar-refractivity contribution is -0.114. The van der Waals surface area contributed by atoms with Gasteiger partial charge in [-0.1, -0.05) is 25.5 Å². The van der Waals surface area contributed by atoms with Crippen LogP contribution in [0.5, 0.6) is 0 Å². The summed E-state index contributed by atoms with van der Waals surface area (Å²) in [6, 6.07) is 15.8. The van der Waals surface area contributed by atoms with E-state index in [1.54, 1.807) is 23.0 Å². The van der Waals surface area contributed by atoms with Crippen LogP contribution in [0.2, 0.25) is 0 Å². The van der Waals surface area contributed by atoms with Gasteiger partial charge in [-0.15, -0.1) is 0 Å². The number of carbonyl (C=O) groups excluding carboxylic acids is 1. The summed E-state index contributed by atoms with van der Waals surface area (Å²) in [6.07, 6.45) is 8.07. The van der Waals surface area contributed by atoms with Gasteiger partial charge in [-0.2, -0.15) is 15.2 Å². The number of carbonyl (C=O) groups is 2. The molecule has 0 atom stereocenters. The molecule has 3 aromatic rings. The molecule has 156 valence electrons. The van der Waals surface area contributed by atoms with Gasteiger partial charge in [0.25, 0.3) is 5.91 Å². The van der Waals surface area contributed by atoms with Crippen LogP contribution in [0.25, 0.3) is 11.8 Å². The number of hydrogen-bond acceptors (Lipinski definition) is 4. The summed E-state index contributed by atoms with van der Waals surface area (Å²) in [5.74, 6) is -1.23. The van der Waals surface area contributed by atoms with E-state index in [1.165, 1.54) is 17.1 Å². The third kappa shape index (κ3) is 4.30. The van der Waals surface area contributed by atoms with E-state index < -0.39 is 5.97 Å². The molecule has 0 saturated carbocycles. The molecular weight excluding hydrogens is 392 g/mol. The maximum Gasteiger partial charge on any atom is 0.335 e. The van der Waals surface area contributed by atoms with Gasteiger partial charge in [0, 0.05) is 12.4 Å². The molecule has 1 N–H and O–H groups in total. The van der Waals surface area contributed by atoms with Crippen molar-refractivity contribution in [3.63, 3.8) is 0 Å². The van der Waals surface area contributed by atoms with Gasteiger partial charge >= 0.3 is 5.97 Å². The number of aromatic carboxylic acids is 1. The molecule has 0 bridgehead atoms. The Kier molecular flexibility index (Phi) is 5.75. The van der Waals surface area contributed by atoms with E-state index in [2.05, 4.69) is 17.1 Å². The van der Waals surface area contributed by atoms with E-state index in [-0.39, 0.29) is 11.5 Å². The van der Waals surface area contributed by atoms with Gasteiger partial charge in [0.15, 0.2) is 0 Å². The fourth-order valence-electron chi connectivity index (χ4n) is 3.36. The van der Waals surface area contributed by atoms with Gasteiger partial charge in [-0.3, -0.25) is 4.79 Å². The number of nitrogens with zero attached hydrogens (tertiary/aromatic N) is 4. The summed E-state index contributed by atoms with van der Waals surface area (Å²) in [6.45, 7) is 2.09. The Morgan fingerprint density at radius 3 is 2.39 bits per heavy atom. The highest BCUT2D eigenvalue weighted by molar-refractivity contribution is 6.32. The van der Waals surface area contributed by atoms with Crippen molar-refractivity contribution in [1.82, 2.24) is 9.78 Å². The molecule has 1 aliphatic heterocycles. The molecule has 2 aromatic carbocycles. The molecule has 31 heavy (non-hydrogen) atoms. The number of carboxylic acids is 1. The van der Waals surface area contributed by atoms with Gasteiger partial charge < -0.3 is 5.11 Å². The predicted molar refractivity (Wildman–Crippen MR) is 119 cm³/mol. The van der Waals surface area contributed by atoms with Gasteiger partial charge in [0.1, 0.15) is 0 Å². The van der Waals surface area contributed by atoms with Crippen LogP contribution in [0, 0.1) is 0 Å². The number of benzene rings is 2. The van der Waals surface area contributed by atoms with E-state index in [1.807, 2.05) is 42.6 Å². The van der Waals surface area contributed by atoms with E-state index in [0.717, 1.165) is 29.8 Å². The first kappa shape index (κ1) is 20.3. The Morgan fingerprint density at radius 1 is 1.06 bits per heavy atom. The Balaban J connectivity index is 1.63. The highest BCUT2D eigenvalue weighted by Gasteiger charge is 2.30. The first-order valence-corrected chi connectivity index (χ1v) is 10.1. The van der Waals surface area contributed by atoms with Crippen molar-refractivity contribution in [2.24, 2.45) is 5.10 Å².